The average Bonchev–Trinajstić information content (AvgIpc) is 3.12. The highest BCUT2D eigenvalue weighted by Gasteiger charge is 2.29. The molecular formula is C25H25N3O3. The summed E-state index contributed by atoms with van der Waals surface area (Å²) in [7, 11) is 0. The van der Waals surface area contributed by atoms with Crippen molar-refractivity contribution in [2.24, 2.45) is 5.84 Å². The molecule has 6 nitrogen and oxygen atoms in total. The third kappa shape index (κ3) is 4.44. The summed E-state index contributed by atoms with van der Waals surface area (Å²) in [4.78, 5) is 26.1. The number of rotatable bonds is 6. The molecule has 0 radical (unpaired) electrons. The second-order valence-corrected chi connectivity index (χ2v) is 7.70. The lowest BCUT2D eigenvalue weighted by atomic mass is 9.98. The van der Waals surface area contributed by atoms with Crippen LogP contribution < -0.4 is 11.3 Å². The van der Waals surface area contributed by atoms with E-state index in [1.54, 1.807) is 0 Å². The molecule has 0 heterocycles. The number of benzene rings is 3. The third-order valence-electron chi connectivity index (χ3n) is 5.60. The lowest BCUT2D eigenvalue weighted by Crippen LogP contribution is -2.45. The van der Waals surface area contributed by atoms with Crippen LogP contribution in [0.2, 0.25) is 0 Å². The zero-order chi connectivity index (χ0) is 21.8. The Morgan fingerprint density at radius 3 is 2.10 bits per heavy atom. The van der Waals surface area contributed by atoms with Crippen LogP contribution in [0, 0.1) is 6.92 Å². The average molecular weight is 415 g/mol. The van der Waals surface area contributed by atoms with Crippen LogP contribution in [0.5, 0.6) is 0 Å². The van der Waals surface area contributed by atoms with Crippen molar-refractivity contribution >= 4 is 12.0 Å². The van der Waals surface area contributed by atoms with Crippen molar-refractivity contribution in [1.82, 2.24) is 10.3 Å². The summed E-state index contributed by atoms with van der Waals surface area (Å²) in [6, 6.07) is 23.6. The third-order valence-corrected chi connectivity index (χ3v) is 5.60. The van der Waals surface area contributed by atoms with E-state index in [0.29, 0.717) is 0 Å². The molecule has 158 valence electrons. The highest BCUT2D eigenvalue weighted by molar-refractivity contribution is 5.81. The van der Waals surface area contributed by atoms with Crippen LogP contribution >= 0.6 is 0 Å². The number of hydrazine groups is 1. The maximum Gasteiger partial charge on any atom is 0.332 e. The number of carbonyl (C=O) groups is 2. The van der Waals surface area contributed by atoms with Gasteiger partial charge < -0.3 is 9.64 Å². The molecule has 0 aliphatic heterocycles. The number of esters is 1. The van der Waals surface area contributed by atoms with E-state index in [1.165, 1.54) is 16.0 Å². The van der Waals surface area contributed by atoms with Crippen LogP contribution in [0.1, 0.15) is 28.2 Å². The number of urea groups is 1. The van der Waals surface area contributed by atoms with E-state index in [-0.39, 0.29) is 25.6 Å². The van der Waals surface area contributed by atoms with Crippen LogP contribution in [0.4, 0.5) is 4.79 Å². The quantitative estimate of drug-likeness (QED) is 0.278. The Balaban J connectivity index is 1.44. The summed E-state index contributed by atoms with van der Waals surface area (Å²) in [5.41, 5.74) is 8.76. The number of hydrogen-bond donors (Lipinski definition) is 2. The Hall–Kier alpha value is -3.64. The number of fused-ring (bicyclic) bond motifs is 3. The Kier molecular flexibility index (Phi) is 6.00. The van der Waals surface area contributed by atoms with E-state index >= 15 is 0 Å². The molecule has 0 saturated heterocycles. The lowest BCUT2D eigenvalue weighted by molar-refractivity contribution is -0.144. The fourth-order valence-corrected chi connectivity index (χ4v) is 4.02. The zero-order valence-electron chi connectivity index (χ0n) is 17.4. The molecule has 1 aliphatic rings. The Morgan fingerprint density at radius 2 is 1.52 bits per heavy atom. The predicted octanol–water partition coefficient (Wildman–Crippen LogP) is 3.74. The molecule has 3 aromatic carbocycles. The molecule has 31 heavy (non-hydrogen) atoms. The van der Waals surface area contributed by atoms with Crippen molar-refractivity contribution in [1.29, 1.82) is 0 Å². The Bertz CT molecular complexity index is 1050. The standard InChI is InChI=1S/C25H25N3O3/c1-17-10-12-18(13-11-17)14-28(25(30)27-26)15-24(29)31-16-23-21-8-4-2-6-19(21)20-7-3-5-9-22(20)23/h2-13,23H,14-16,26H2,1H3,(H,27,30). The minimum Gasteiger partial charge on any atom is -0.463 e. The molecule has 0 bridgehead atoms. The number of aryl methyl sites for hydroxylation is 1. The summed E-state index contributed by atoms with van der Waals surface area (Å²) in [6.07, 6.45) is 0. The molecule has 2 amide bonds. The van der Waals surface area contributed by atoms with Crippen molar-refractivity contribution < 1.29 is 14.3 Å². The molecule has 1 aliphatic carbocycles. The number of carbonyl (C=O) groups excluding carboxylic acids is 2. The van der Waals surface area contributed by atoms with Gasteiger partial charge in [-0.3, -0.25) is 10.2 Å². The van der Waals surface area contributed by atoms with Gasteiger partial charge in [0.25, 0.3) is 0 Å². The molecular weight excluding hydrogens is 390 g/mol. The van der Waals surface area contributed by atoms with Gasteiger partial charge in [0.2, 0.25) is 0 Å². The van der Waals surface area contributed by atoms with Crippen molar-refractivity contribution in [2.75, 3.05) is 13.2 Å². The minimum atomic E-state index is -0.533. The summed E-state index contributed by atoms with van der Waals surface area (Å²) in [5, 5.41) is 0. The van der Waals surface area contributed by atoms with Gasteiger partial charge in [0.05, 0.1) is 0 Å². The molecule has 0 unspecified atom stereocenters. The SMILES string of the molecule is Cc1ccc(CN(CC(=O)OCC2c3ccccc3-c3ccccc32)C(=O)NN)cc1. The topological polar surface area (TPSA) is 84.7 Å². The molecule has 6 heteroatoms. The summed E-state index contributed by atoms with van der Waals surface area (Å²) in [6.45, 7) is 2.28. The molecule has 0 atom stereocenters. The van der Waals surface area contributed by atoms with Crippen molar-refractivity contribution in [3.63, 3.8) is 0 Å². The van der Waals surface area contributed by atoms with Crippen molar-refractivity contribution in [3.8, 4) is 11.1 Å². The summed E-state index contributed by atoms with van der Waals surface area (Å²) in [5.74, 6) is 4.82. The molecule has 4 rings (SSSR count). The Morgan fingerprint density at radius 1 is 0.935 bits per heavy atom. The smallest absolute Gasteiger partial charge is 0.332 e. The van der Waals surface area contributed by atoms with Gasteiger partial charge in [-0.25, -0.2) is 10.6 Å². The van der Waals surface area contributed by atoms with E-state index in [4.69, 9.17) is 10.6 Å². The first-order valence-electron chi connectivity index (χ1n) is 10.2. The van der Waals surface area contributed by atoms with Crippen LogP contribution in [0.15, 0.2) is 72.8 Å². The van der Waals surface area contributed by atoms with Crippen LogP contribution in [-0.2, 0) is 16.1 Å². The lowest BCUT2D eigenvalue weighted by Gasteiger charge is -2.22. The monoisotopic (exact) mass is 415 g/mol. The van der Waals surface area contributed by atoms with Gasteiger partial charge in [-0.2, -0.15) is 0 Å². The first kappa shape index (κ1) is 20.6. The highest BCUT2D eigenvalue weighted by Crippen LogP contribution is 2.44. The predicted molar refractivity (Wildman–Crippen MR) is 119 cm³/mol. The maximum atomic E-state index is 12.6. The van der Waals surface area contributed by atoms with Gasteiger partial charge in [0.15, 0.2) is 0 Å². The number of nitrogens with one attached hydrogen (secondary N) is 1. The van der Waals surface area contributed by atoms with Crippen LogP contribution in [0.25, 0.3) is 11.1 Å². The number of nitrogens with two attached hydrogens (primary N) is 1. The van der Waals surface area contributed by atoms with E-state index in [2.05, 4.69) is 29.7 Å². The van der Waals surface area contributed by atoms with Crippen LogP contribution in [-0.4, -0.2) is 30.1 Å². The zero-order valence-corrected chi connectivity index (χ0v) is 17.4. The fourth-order valence-electron chi connectivity index (χ4n) is 4.02. The maximum absolute atomic E-state index is 12.6. The summed E-state index contributed by atoms with van der Waals surface area (Å²) >= 11 is 0. The van der Waals surface area contributed by atoms with E-state index < -0.39 is 12.0 Å². The number of ether oxygens (including phenoxy) is 1. The van der Waals surface area contributed by atoms with Gasteiger partial charge in [0, 0.05) is 12.5 Å². The highest BCUT2D eigenvalue weighted by atomic mass is 16.5. The molecule has 0 fully saturated rings. The second-order valence-electron chi connectivity index (χ2n) is 7.70. The first-order valence-corrected chi connectivity index (χ1v) is 10.2. The molecule has 3 N–H and O–H groups in total. The molecule has 0 aromatic heterocycles. The first-order chi connectivity index (χ1) is 15.1. The van der Waals surface area contributed by atoms with E-state index in [0.717, 1.165) is 22.3 Å². The van der Waals surface area contributed by atoms with Crippen molar-refractivity contribution in [2.45, 2.75) is 19.4 Å². The van der Waals surface area contributed by atoms with E-state index in [1.807, 2.05) is 55.5 Å². The van der Waals surface area contributed by atoms with Gasteiger partial charge in [-0.05, 0) is 34.7 Å². The second kappa shape index (κ2) is 9.02. The minimum absolute atomic E-state index is 0.0229. The fraction of sp³-hybridized carbons (Fsp3) is 0.200. The molecule has 0 spiro atoms. The van der Waals surface area contributed by atoms with Gasteiger partial charge >= 0.3 is 12.0 Å². The number of hydrogen-bond acceptors (Lipinski definition) is 4. The molecule has 3 aromatic rings. The summed E-state index contributed by atoms with van der Waals surface area (Å²) < 4.78 is 5.62. The largest absolute Gasteiger partial charge is 0.463 e. The normalized spacial score (nSPS) is 12.1. The van der Waals surface area contributed by atoms with E-state index in [9.17, 15) is 9.59 Å². The van der Waals surface area contributed by atoms with Crippen LogP contribution in [0.3, 0.4) is 0 Å². The number of nitrogens with zero attached hydrogens (tertiary/aromatic N) is 1. The molecule has 0 saturated carbocycles. The van der Waals surface area contributed by atoms with Gasteiger partial charge in [-0.1, -0.05) is 78.4 Å². The number of amides is 2. The Labute approximate surface area is 181 Å². The van der Waals surface area contributed by atoms with Gasteiger partial charge in [-0.15, -0.1) is 0 Å². The van der Waals surface area contributed by atoms with Gasteiger partial charge in [0.1, 0.15) is 13.2 Å². The van der Waals surface area contributed by atoms with Crippen molar-refractivity contribution in [3.05, 3.63) is 95.1 Å².